The Morgan fingerprint density at radius 1 is 1.48 bits per heavy atom. The number of methoxy groups -OCH3 is 1. The first-order chi connectivity index (χ1) is 10.2. The van der Waals surface area contributed by atoms with Crippen LogP contribution in [0.1, 0.15) is 38.3 Å². The van der Waals surface area contributed by atoms with E-state index in [0.29, 0.717) is 12.3 Å². The number of Topliss-reactive ketones (excluding diaryl/α,β-unsaturated/α-hetero) is 1. The molecule has 2 atom stereocenters. The second-order valence-electron chi connectivity index (χ2n) is 5.84. The van der Waals surface area contributed by atoms with Gasteiger partial charge in [-0.25, -0.2) is 4.98 Å². The summed E-state index contributed by atoms with van der Waals surface area (Å²) in [6, 6.07) is 7.80. The summed E-state index contributed by atoms with van der Waals surface area (Å²) in [7, 11) is 1.58. The van der Waals surface area contributed by atoms with Crippen LogP contribution in [0.25, 0.3) is 0 Å². The molecule has 112 valence electrons. The van der Waals surface area contributed by atoms with Crippen molar-refractivity contribution >= 4 is 5.78 Å². The lowest BCUT2D eigenvalue weighted by atomic mass is 9.82. The Morgan fingerprint density at radius 3 is 2.81 bits per heavy atom. The lowest BCUT2D eigenvalue weighted by Gasteiger charge is -2.19. The van der Waals surface area contributed by atoms with Crippen molar-refractivity contribution in [1.82, 2.24) is 4.98 Å². The molecule has 0 N–H and O–H groups in total. The monoisotopic (exact) mass is 286 g/mol. The Hall–Kier alpha value is -1.89. The number of carbonyl (C=O) groups excluding carboxylic acids is 1. The summed E-state index contributed by atoms with van der Waals surface area (Å²) in [4.78, 5) is 16.8. The molecule has 1 aromatic heterocycles. The van der Waals surface area contributed by atoms with Crippen LogP contribution in [-0.2, 0) is 11.2 Å². The number of ether oxygens (including phenoxy) is 1. The fraction of sp³-hybridized carbons (Fsp3) is 0.588. The van der Waals surface area contributed by atoms with Gasteiger partial charge in [-0.05, 0) is 31.2 Å². The van der Waals surface area contributed by atoms with Crippen molar-refractivity contribution in [3.8, 4) is 11.9 Å². The van der Waals surface area contributed by atoms with Crippen molar-refractivity contribution in [2.24, 2.45) is 17.8 Å². The largest absolute Gasteiger partial charge is 0.481 e. The molecule has 2 unspecified atom stereocenters. The van der Waals surface area contributed by atoms with E-state index < -0.39 is 5.92 Å². The fourth-order valence-electron chi connectivity index (χ4n) is 3.07. The maximum atomic E-state index is 12.5. The van der Waals surface area contributed by atoms with Gasteiger partial charge in [0.1, 0.15) is 5.92 Å². The molecule has 1 aliphatic rings. The molecule has 0 radical (unpaired) electrons. The molecule has 1 aromatic rings. The molecule has 0 amide bonds. The minimum Gasteiger partial charge on any atom is -0.481 e. The number of aromatic nitrogens is 1. The van der Waals surface area contributed by atoms with Gasteiger partial charge in [-0.3, -0.25) is 4.79 Å². The lowest BCUT2D eigenvalue weighted by Crippen LogP contribution is -2.27. The number of ketones is 1. The summed E-state index contributed by atoms with van der Waals surface area (Å²) in [6.07, 6.45) is 4.73. The van der Waals surface area contributed by atoms with E-state index in [1.54, 1.807) is 13.2 Å². The van der Waals surface area contributed by atoms with Crippen LogP contribution in [0.2, 0.25) is 0 Å². The molecule has 0 aromatic carbocycles. The molecule has 0 spiro atoms. The average molecular weight is 286 g/mol. The van der Waals surface area contributed by atoms with E-state index in [2.05, 4.69) is 11.1 Å². The Kier molecular flexibility index (Phi) is 5.32. The van der Waals surface area contributed by atoms with E-state index in [9.17, 15) is 10.1 Å². The maximum absolute atomic E-state index is 12.5. The SMILES string of the molecule is COc1cccc(CC(C)C(C#N)C(=O)C2CCCC2)n1. The second kappa shape index (κ2) is 7.21. The molecule has 4 nitrogen and oxygen atoms in total. The smallest absolute Gasteiger partial charge is 0.213 e. The maximum Gasteiger partial charge on any atom is 0.213 e. The van der Waals surface area contributed by atoms with Gasteiger partial charge in [0.2, 0.25) is 5.88 Å². The minimum atomic E-state index is -0.527. The normalized spacial score (nSPS) is 18.0. The van der Waals surface area contributed by atoms with Gasteiger partial charge >= 0.3 is 0 Å². The van der Waals surface area contributed by atoms with Gasteiger partial charge in [0.15, 0.2) is 5.78 Å². The zero-order valence-electron chi connectivity index (χ0n) is 12.7. The summed E-state index contributed by atoms with van der Waals surface area (Å²) < 4.78 is 5.11. The molecule has 0 saturated heterocycles. The van der Waals surface area contributed by atoms with Crippen LogP contribution in [0.15, 0.2) is 18.2 Å². The van der Waals surface area contributed by atoms with E-state index in [1.165, 1.54) is 0 Å². The molecule has 2 rings (SSSR count). The van der Waals surface area contributed by atoms with Crippen LogP contribution in [0.5, 0.6) is 5.88 Å². The van der Waals surface area contributed by atoms with Gasteiger partial charge in [-0.15, -0.1) is 0 Å². The van der Waals surface area contributed by atoms with Gasteiger partial charge in [-0.2, -0.15) is 5.26 Å². The molecule has 21 heavy (non-hydrogen) atoms. The highest BCUT2D eigenvalue weighted by Gasteiger charge is 2.32. The Bertz CT molecular complexity index is 530. The van der Waals surface area contributed by atoms with Crippen LogP contribution in [-0.4, -0.2) is 17.9 Å². The van der Waals surface area contributed by atoms with Gasteiger partial charge in [0.05, 0.1) is 13.2 Å². The quantitative estimate of drug-likeness (QED) is 0.805. The number of pyridine rings is 1. The molecule has 1 aliphatic carbocycles. The molecular formula is C17H22N2O2. The lowest BCUT2D eigenvalue weighted by molar-refractivity contribution is -0.126. The summed E-state index contributed by atoms with van der Waals surface area (Å²) in [5, 5.41) is 9.39. The van der Waals surface area contributed by atoms with Crippen molar-refractivity contribution in [2.75, 3.05) is 7.11 Å². The molecule has 1 fully saturated rings. The highest BCUT2D eigenvalue weighted by molar-refractivity contribution is 5.86. The van der Waals surface area contributed by atoms with Gasteiger partial charge < -0.3 is 4.74 Å². The molecule has 1 saturated carbocycles. The summed E-state index contributed by atoms with van der Waals surface area (Å²) in [5.41, 5.74) is 0.862. The second-order valence-corrected chi connectivity index (χ2v) is 5.84. The van der Waals surface area contributed by atoms with Crippen molar-refractivity contribution in [3.63, 3.8) is 0 Å². The molecule has 1 heterocycles. The highest BCUT2D eigenvalue weighted by Crippen LogP contribution is 2.30. The predicted octanol–water partition coefficient (Wildman–Crippen LogP) is 3.17. The first-order valence-corrected chi connectivity index (χ1v) is 7.59. The van der Waals surface area contributed by atoms with E-state index >= 15 is 0 Å². The van der Waals surface area contributed by atoms with Crippen LogP contribution in [0, 0.1) is 29.1 Å². The Morgan fingerprint density at radius 2 is 2.19 bits per heavy atom. The first-order valence-electron chi connectivity index (χ1n) is 7.59. The number of carbonyl (C=O) groups is 1. The Balaban J connectivity index is 2.04. The van der Waals surface area contributed by atoms with Crippen molar-refractivity contribution < 1.29 is 9.53 Å². The standard InChI is InChI=1S/C17H22N2O2/c1-12(10-14-8-5-9-16(19-14)21-2)15(11-18)17(20)13-6-3-4-7-13/h5,8-9,12-13,15H,3-4,6-7,10H2,1-2H3. The van der Waals surface area contributed by atoms with Gasteiger partial charge in [-0.1, -0.05) is 25.8 Å². The van der Waals surface area contributed by atoms with Crippen molar-refractivity contribution in [1.29, 1.82) is 5.26 Å². The molecular weight excluding hydrogens is 264 g/mol. The third kappa shape index (κ3) is 3.81. The summed E-state index contributed by atoms with van der Waals surface area (Å²) >= 11 is 0. The number of hydrogen-bond acceptors (Lipinski definition) is 4. The van der Waals surface area contributed by atoms with Crippen LogP contribution >= 0.6 is 0 Å². The van der Waals surface area contributed by atoms with E-state index in [0.717, 1.165) is 31.4 Å². The van der Waals surface area contributed by atoms with E-state index in [4.69, 9.17) is 4.74 Å². The highest BCUT2D eigenvalue weighted by atomic mass is 16.5. The number of nitriles is 1. The van der Waals surface area contributed by atoms with Crippen molar-refractivity contribution in [2.45, 2.75) is 39.0 Å². The van der Waals surface area contributed by atoms with Gasteiger partial charge in [0, 0.05) is 17.7 Å². The summed E-state index contributed by atoms with van der Waals surface area (Å²) in [6.45, 7) is 1.96. The number of nitrogens with zero attached hydrogens (tertiary/aromatic N) is 2. The van der Waals surface area contributed by atoms with E-state index in [1.807, 2.05) is 19.1 Å². The molecule has 0 aliphatic heterocycles. The third-order valence-corrected chi connectivity index (χ3v) is 4.29. The average Bonchev–Trinajstić information content (AvgIpc) is 3.02. The van der Waals surface area contributed by atoms with E-state index in [-0.39, 0.29) is 17.6 Å². The predicted molar refractivity (Wildman–Crippen MR) is 79.7 cm³/mol. The van der Waals surface area contributed by atoms with Crippen LogP contribution in [0.3, 0.4) is 0 Å². The topological polar surface area (TPSA) is 63.0 Å². The zero-order chi connectivity index (χ0) is 15.2. The first kappa shape index (κ1) is 15.5. The number of hydrogen-bond donors (Lipinski definition) is 0. The van der Waals surface area contributed by atoms with Gasteiger partial charge in [0.25, 0.3) is 0 Å². The molecule has 4 heteroatoms. The Labute approximate surface area is 126 Å². The minimum absolute atomic E-state index is 0.0253. The van der Waals surface area contributed by atoms with Crippen LogP contribution < -0.4 is 4.74 Å². The third-order valence-electron chi connectivity index (χ3n) is 4.29. The van der Waals surface area contributed by atoms with Crippen LogP contribution in [0.4, 0.5) is 0 Å². The summed E-state index contributed by atoms with van der Waals surface area (Å²) in [5.74, 6) is 0.236. The molecule has 0 bridgehead atoms. The fourth-order valence-corrected chi connectivity index (χ4v) is 3.07. The number of rotatable bonds is 6. The van der Waals surface area contributed by atoms with Crippen molar-refractivity contribution in [3.05, 3.63) is 23.9 Å². The zero-order valence-corrected chi connectivity index (χ0v) is 12.7.